The van der Waals surface area contributed by atoms with Gasteiger partial charge in [0.05, 0.1) is 24.9 Å². The number of benzene rings is 2. The molecule has 3 aromatic rings. The van der Waals surface area contributed by atoms with Gasteiger partial charge in [0, 0.05) is 16.8 Å². The first-order chi connectivity index (χ1) is 13.0. The van der Waals surface area contributed by atoms with Crippen molar-refractivity contribution in [3.8, 4) is 11.5 Å². The Morgan fingerprint density at radius 1 is 0.889 bits per heavy atom. The van der Waals surface area contributed by atoms with E-state index in [1.807, 2.05) is 12.1 Å². The predicted octanol–water partition coefficient (Wildman–Crippen LogP) is 4.87. The highest BCUT2D eigenvalue weighted by Crippen LogP contribution is 2.38. The summed E-state index contributed by atoms with van der Waals surface area (Å²) >= 11 is 12.1. The number of aromatic nitrogens is 2. The summed E-state index contributed by atoms with van der Waals surface area (Å²) in [6.45, 7) is 0. The summed E-state index contributed by atoms with van der Waals surface area (Å²) < 4.78 is 10.6. The van der Waals surface area contributed by atoms with Crippen molar-refractivity contribution in [3.05, 3.63) is 52.8 Å². The monoisotopic (exact) mass is 405 g/mol. The van der Waals surface area contributed by atoms with Crippen molar-refractivity contribution in [2.45, 2.75) is 0 Å². The van der Waals surface area contributed by atoms with Gasteiger partial charge in [0.25, 0.3) is 0 Å². The molecule has 0 spiro atoms. The Bertz CT molecular complexity index is 951. The van der Waals surface area contributed by atoms with Crippen LogP contribution in [0.25, 0.3) is 0 Å². The fourth-order valence-electron chi connectivity index (χ4n) is 2.35. The van der Waals surface area contributed by atoms with Crippen molar-refractivity contribution in [2.24, 2.45) is 0 Å². The van der Waals surface area contributed by atoms with Gasteiger partial charge in [-0.15, -0.1) is 0 Å². The maximum Gasteiger partial charge on any atom is 0.159 e. The van der Waals surface area contributed by atoms with Crippen molar-refractivity contribution in [2.75, 3.05) is 30.6 Å². The van der Waals surface area contributed by atoms with Crippen molar-refractivity contribution >= 4 is 51.9 Å². The van der Waals surface area contributed by atoms with Gasteiger partial charge in [0.15, 0.2) is 11.6 Å². The van der Waals surface area contributed by atoms with E-state index in [4.69, 9.17) is 38.4 Å². The Balaban J connectivity index is 1.90. The predicted molar refractivity (Wildman–Crippen MR) is 109 cm³/mol. The number of nitrogens with two attached hydrogens (primary N) is 1. The molecule has 4 N–H and O–H groups in total. The van der Waals surface area contributed by atoms with Crippen LogP contribution in [-0.4, -0.2) is 24.2 Å². The van der Waals surface area contributed by atoms with E-state index in [-0.39, 0.29) is 0 Å². The number of anilines is 5. The number of nitrogen functional groups attached to an aromatic ring is 1. The van der Waals surface area contributed by atoms with Crippen LogP contribution in [0.5, 0.6) is 11.5 Å². The highest BCUT2D eigenvalue weighted by atomic mass is 35.5. The van der Waals surface area contributed by atoms with Crippen LogP contribution in [0, 0.1) is 0 Å². The van der Waals surface area contributed by atoms with E-state index in [0.717, 1.165) is 5.69 Å². The molecule has 0 bridgehead atoms. The van der Waals surface area contributed by atoms with Gasteiger partial charge in [0.1, 0.15) is 23.5 Å². The number of hydrogen-bond acceptors (Lipinski definition) is 7. The Hall–Kier alpha value is -2.90. The minimum atomic E-state index is 0.335. The molecule has 0 radical (unpaired) electrons. The molecule has 1 aromatic heterocycles. The number of rotatable bonds is 6. The summed E-state index contributed by atoms with van der Waals surface area (Å²) in [6, 6.07) is 10.5. The molecule has 0 aliphatic carbocycles. The van der Waals surface area contributed by atoms with Crippen molar-refractivity contribution < 1.29 is 9.47 Å². The summed E-state index contributed by atoms with van der Waals surface area (Å²) in [7, 11) is 3.08. The van der Waals surface area contributed by atoms with Gasteiger partial charge in [-0.1, -0.05) is 23.2 Å². The van der Waals surface area contributed by atoms with E-state index >= 15 is 0 Å². The Kier molecular flexibility index (Phi) is 5.73. The van der Waals surface area contributed by atoms with E-state index in [0.29, 0.717) is 44.6 Å². The Morgan fingerprint density at radius 3 is 2.15 bits per heavy atom. The molecule has 7 nitrogen and oxygen atoms in total. The Morgan fingerprint density at radius 2 is 1.52 bits per heavy atom. The smallest absolute Gasteiger partial charge is 0.159 e. The molecule has 0 atom stereocenters. The third kappa shape index (κ3) is 4.27. The summed E-state index contributed by atoms with van der Waals surface area (Å²) in [5.41, 5.74) is 7.94. The van der Waals surface area contributed by atoms with E-state index in [1.165, 1.54) is 13.4 Å². The van der Waals surface area contributed by atoms with E-state index < -0.39 is 0 Å². The number of ether oxygens (including phenoxy) is 2. The summed E-state index contributed by atoms with van der Waals surface area (Å²) in [6.07, 6.45) is 1.40. The minimum absolute atomic E-state index is 0.335. The first-order valence-electron chi connectivity index (χ1n) is 7.83. The molecular weight excluding hydrogens is 389 g/mol. The van der Waals surface area contributed by atoms with Gasteiger partial charge in [0.2, 0.25) is 0 Å². The summed E-state index contributed by atoms with van der Waals surface area (Å²) in [4.78, 5) is 8.39. The lowest BCUT2D eigenvalue weighted by Gasteiger charge is -2.16. The minimum Gasteiger partial charge on any atom is -0.495 e. The van der Waals surface area contributed by atoms with Crippen LogP contribution in [0.4, 0.5) is 28.7 Å². The number of nitrogens with zero attached hydrogens (tertiary/aromatic N) is 2. The molecule has 0 amide bonds. The first kappa shape index (κ1) is 18.9. The molecule has 0 saturated heterocycles. The lowest BCUT2D eigenvalue weighted by atomic mass is 10.2. The van der Waals surface area contributed by atoms with Crippen LogP contribution < -0.4 is 25.8 Å². The van der Waals surface area contributed by atoms with Crippen LogP contribution in [0.3, 0.4) is 0 Å². The zero-order valence-electron chi connectivity index (χ0n) is 14.6. The zero-order valence-corrected chi connectivity index (χ0v) is 16.1. The van der Waals surface area contributed by atoms with E-state index in [2.05, 4.69) is 20.6 Å². The molecule has 0 fully saturated rings. The molecule has 27 heavy (non-hydrogen) atoms. The van der Waals surface area contributed by atoms with Crippen molar-refractivity contribution in [1.82, 2.24) is 9.97 Å². The van der Waals surface area contributed by atoms with Crippen molar-refractivity contribution in [1.29, 1.82) is 0 Å². The third-order valence-corrected chi connectivity index (χ3v) is 4.27. The maximum atomic E-state index is 6.22. The second-order valence-corrected chi connectivity index (χ2v) is 6.27. The second-order valence-electron chi connectivity index (χ2n) is 5.43. The van der Waals surface area contributed by atoms with Gasteiger partial charge in [-0.25, -0.2) is 9.97 Å². The topological polar surface area (TPSA) is 94.3 Å². The molecule has 3 rings (SSSR count). The van der Waals surface area contributed by atoms with E-state index in [1.54, 1.807) is 31.4 Å². The van der Waals surface area contributed by atoms with Gasteiger partial charge < -0.3 is 25.8 Å². The highest BCUT2D eigenvalue weighted by molar-refractivity contribution is 6.32. The maximum absolute atomic E-state index is 6.22. The number of methoxy groups -OCH3 is 2. The highest BCUT2D eigenvalue weighted by Gasteiger charge is 2.14. The summed E-state index contributed by atoms with van der Waals surface area (Å²) in [5.74, 6) is 1.88. The second kappa shape index (κ2) is 8.20. The third-order valence-electron chi connectivity index (χ3n) is 3.72. The van der Waals surface area contributed by atoms with Gasteiger partial charge in [-0.3, -0.25) is 0 Å². The lowest BCUT2D eigenvalue weighted by Crippen LogP contribution is -2.06. The molecule has 2 aromatic carbocycles. The van der Waals surface area contributed by atoms with Crippen LogP contribution in [0.1, 0.15) is 0 Å². The average Bonchev–Trinajstić information content (AvgIpc) is 2.67. The lowest BCUT2D eigenvalue weighted by molar-refractivity contribution is 0.396. The molecule has 0 aliphatic heterocycles. The molecule has 140 valence electrons. The largest absolute Gasteiger partial charge is 0.495 e. The molecule has 9 heteroatoms. The molecule has 0 unspecified atom stereocenters. The van der Waals surface area contributed by atoms with Crippen molar-refractivity contribution in [3.63, 3.8) is 0 Å². The number of hydrogen-bond donors (Lipinski definition) is 3. The van der Waals surface area contributed by atoms with E-state index in [9.17, 15) is 0 Å². The summed E-state index contributed by atoms with van der Waals surface area (Å²) in [5, 5.41) is 7.31. The average molecular weight is 406 g/mol. The standard InChI is InChI=1S/C18H17Cl2N5O2/c1-26-14-8-15(27-2)13(7-12(14)20)25-18-16(21)17(22-9-23-18)24-11-5-3-10(19)4-6-11/h3-9H,21H2,1-2H3,(H2,22,23,24,25). The van der Waals surface area contributed by atoms with Crippen LogP contribution >= 0.6 is 23.2 Å². The fraction of sp³-hybridized carbons (Fsp3) is 0.111. The fourth-order valence-corrected chi connectivity index (χ4v) is 2.72. The normalized spacial score (nSPS) is 10.4. The van der Waals surface area contributed by atoms with Gasteiger partial charge >= 0.3 is 0 Å². The van der Waals surface area contributed by atoms with Gasteiger partial charge in [-0.05, 0) is 30.3 Å². The molecule has 0 aliphatic rings. The Labute approximate surface area is 166 Å². The molecule has 1 heterocycles. The number of nitrogens with one attached hydrogen (secondary N) is 2. The molecular formula is C18H17Cl2N5O2. The zero-order chi connectivity index (χ0) is 19.4. The van der Waals surface area contributed by atoms with Crippen LogP contribution in [0.2, 0.25) is 10.0 Å². The first-order valence-corrected chi connectivity index (χ1v) is 8.59. The van der Waals surface area contributed by atoms with Crippen LogP contribution in [-0.2, 0) is 0 Å². The molecule has 0 saturated carbocycles. The number of halogens is 2. The quantitative estimate of drug-likeness (QED) is 0.538. The van der Waals surface area contributed by atoms with Gasteiger partial charge in [-0.2, -0.15) is 0 Å². The van der Waals surface area contributed by atoms with Crippen LogP contribution in [0.15, 0.2) is 42.7 Å². The SMILES string of the molecule is COc1cc(OC)c(Nc2ncnc(Nc3ccc(Cl)cc3)c2N)cc1Cl.